The third kappa shape index (κ3) is 4.35. The van der Waals surface area contributed by atoms with Gasteiger partial charge in [0.25, 0.3) is 12.4 Å². The monoisotopic (exact) mass is 390 g/mol. The first kappa shape index (κ1) is 18.9. The molecule has 1 amide bonds. The van der Waals surface area contributed by atoms with Crippen molar-refractivity contribution in [3.8, 4) is 0 Å². The van der Waals surface area contributed by atoms with Crippen LogP contribution in [0.3, 0.4) is 0 Å². The first-order valence-corrected chi connectivity index (χ1v) is 9.54. The summed E-state index contributed by atoms with van der Waals surface area (Å²) in [5.41, 5.74) is 2.48. The van der Waals surface area contributed by atoms with Gasteiger partial charge in [-0.3, -0.25) is 19.6 Å². The fraction of sp³-hybridized carbons (Fsp3) is 0.227. The number of anilines is 1. The van der Waals surface area contributed by atoms with E-state index in [0.717, 1.165) is 30.8 Å². The van der Waals surface area contributed by atoms with Crippen LogP contribution < -0.4 is 5.32 Å². The molecule has 2 N–H and O–H groups in total. The zero-order valence-electron chi connectivity index (χ0n) is 15.8. The van der Waals surface area contributed by atoms with Crippen LogP contribution in [-0.2, 0) is 9.53 Å². The molecule has 0 bridgehead atoms. The smallest absolute Gasteiger partial charge is 0.294 e. The second-order valence-electron chi connectivity index (χ2n) is 7.00. The lowest BCUT2D eigenvalue weighted by molar-refractivity contribution is -0.143. The Kier molecular flexibility index (Phi) is 5.67. The average Bonchev–Trinajstić information content (AvgIpc) is 3.43. The van der Waals surface area contributed by atoms with Crippen molar-refractivity contribution in [1.82, 2.24) is 15.1 Å². The van der Waals surface area contributed by atoms with Crippen molar-refractivity contribution in [3.05, 3.63) is 83.6 Å². The molecule has 2 aromatic carbocycles. The molecule has 0 spiro atoms. The topological polar surface area (TPSA) is 87.3 Å². The molecule has 2 unspecified atom stereocenters. The third-order valence-electron chi connectivity index (χ3n) is 5.14. The number of carbonyl (C=O) groups excluding carboxylic acids is 2. The lowest BCUT2D eigenvalue weighted by Crippen LogP contribution is -2.28. The highest BCUT2D eigenvalue weighted by molar-refractivity contribution is 6.03. The summed E-state index contributed by atoms with van der Waals surface area (Å²) in [5.74, 6) is 0.516. The van der Waals surface area contributed by atoms with Gasteiger partial charge in [0.15, 0.2) is 12.0 Å². The number of amides is 1. The number of nitrogens with zero attached hydrogens (tertiary/aromatic N) is 2. The second kappa shape index (κ2) is 8.70. The standard InChI is InChI=1S/C22H22N4O3/c27-15-29-22(17-9-5-2-6-10-17)26-12-11-18(14-26)19-13-20(25-24-19)23-21(28)16-7-3-1-4-8-16/h1-10,13,15,18,22H,11-12,14H2,(H2,23,24,25,28). The SMILES string of the molecule is O=COC(c1ccccc1)N1CCC(c2cc(NC(=O)c3ccccc3)n[nH]2)C1. The minimum atomic E-state index is -0.404. The van der Waals surface area contributed by atoms with Gasteiger partial charge in [-0.2, -0.15) is 5.10 Å². The molecule has 3 aromatic rings. The summed E-state index contributed by atoms with van der Waals surface area (Å²) in [6, 6.07) is 20.6. The Morgan fingerprint density at radius 3 is 2.62 bits per heavy atom. The highest BCUT2D eigenvalue weighted by atomic mass is 16.5. The number of H-pyrrole nitrogens is 1. The molecule has 1 aliphatic heterocycles. The van der Waals surface area contributed by atoms with E-state index < -0.39 is 6.23 Å². The number of nitrogens with one attached hydrogen (secondary N) is 2. The van der Waals surface area contributed by atoms with Crippen molar-refractivity contribution in [1.29, 1.82) is 0 Å². The summed E-state index contributed by atoms with van der Waals surface area (Å²) in [5, 5.41) is 10.1. The van der Waals surface area contributed by atoms with Gasteiger partial charge < -0.3 is 10.1 Å². The molecule has 7 nitrogen and oxygen atoms in total. The van der Waals surface area contributed by atoms with E-state index >= 15 is 0 Å². The maximum atomic E-state index is 12.3. The molecular formula is C22H22N4O3. The number of rotatable bonds is 7. The van der Waals surface area contributed by atoms with Gasteiger partial charge in [0.05, 0.1) is 0 Å². The van der Waals surface area contributed by atoms with Crippen LogP contribution in [0, 0.1) is 0 Å². The molecule has 29 heavy (non-hydrogen) atoms. The Labute approximate surface area is 168 Å². The molecular weight excluding hydrogens is 368 g/mol. The number of carbonyl (C=O) groups is 2. The Balaban J connectivity index is 1.41. The van der Waals surface area contributed by atoms with Crippen LogP contribution in [0.25, 0.3) is 0 Å². The Morgan fingerprint density at radius 2 is 1.90 bits per heavy atom. The molecule has 0 saturated carbocycles. The highest BCUT2D eigenvalue weighted by Gasteiger charge is 2.32. The van der Waals surface area contributed by atoms with Crippen LogP contribution in [-0.4, -0.2) is 40.6 Å². The van der Waals surface area contributed by atoms with Crippen LogP contribution in [0.2, 0.25) is 0 Å². The van der Waals surface area contributed by atoms with E-state index in [1.54, 1.807) is 12.1 Å². The first-order valence-electron chi connectivity index (χ1n) is 9.54. The number of ether oxygens (including phenoxy) is 1. The molecule has 1 saturated heterocycles. The lowest BCUT2D eigenvalue weighted by Gasteiger charge is -2.26. The summed E-state index contributed by atoms with van der Waals surface area (Å²) >= 11 is 0. The van der Waals surface area contributed by atoms with Gasteiger partial charge in [-0.25, -0.2) is 0 Å². The van der Waals surface area contributed by atoms with Crippen LogP contribution >= 0.6 is 0 Å². The molecule has 148 valence electrons. The zero-order valence-corrected chi connectivity index (χ0v) is 15.8. The van der Waals surface area contributed by atoms with Gasteiger partial charge in [-0.1, -0.05) is 48.5 Å². The molecule has 0 radical (unpaired) electrons. The van der Waals surface area contributed by atoms with Crippen LogP contribution in [0.1, 0.15) is 40.2 Å². The molecule has 1 fully saturated rings. The quantitative estimate of drug-likeness (QED) is 0.604. The maximum absolute atomic E-state index is 12.3. The predicted octanol–water partition coefficient (Wildman–Crippen LogP) is 3.32. The number of benzene rings is 2. The number of aromatic nitrogens is 2. The fourth-order valence-electron chi connectivity index (χ4n) is 3.69. The van der Waals surface area contributed by atoms with Crippen molar-refractivity contribution < 1.29 is 14.3 Å². The van der Waals surface area contributed by atoms with E-state index in [1.807, 2.05) is 54.6 Å². The van der Waals surface area contributed by atoms with Gasteiger partial charge in [0.1, 0.15) is 0 Å². The van der Waals surface area contributed by atoms with Gasteiger partial charge in [0.2, 0.25) is 0 Å². The van der Waals surface area contributed by atoms with Crippen molar-refractivity contribution in [2.75, 3.05) is 18.4 Å². The minimum Gasteiger partial charge on any atom is -0.444 e. The molecule has 1 aromatic heterocycles. The Morgan fingerprint density at radius 1 is 1.17 bits per heavy atom. The third-order valence-corrected chi connectivity index (χ3v) is 5.14. The highest BCUT2D eigenvalue weighted by Crippen LogP contribution is 2.33. The number of hydrogen-bond donors (Lipinski definition) is 2. The second-order valence-corrected chi connectivity index (χ2v) is 7.00. The fourth-order valence-corrected chi connectivity index (χ4v) is 3.69. The lowest BCUT2D eigenvalue weighted by atomic mass is 10.1. The van der Waals surface area contributed by atoms with Gasteiger partial charge in [-0.15, -0.1) is 0 Å². The van der Waals surface area contributed by atoms with E-state index in [4.69, 9.17) is 4.74 Å². The van der Waals surface area contributed by atoms with E-state index in [-0.39, 0.29) is 11.8 Å². The summed E-state index contributed by atoms with van der Waals surface area (Å²) in [6.07, 6.45) is 0.499. The van der Waals surface area contributed by atoms with Crippen LogP contribution in [0.15, 0.2) is 66.7 Å². The van der Waals surface area contributed by atoms with Crippen molar-refractivity contribution in [3.63, 3.8) is 0 Å². The van der Waals surface area contributed by atoms with E-state index in [1.165, 1.54) is 0 Å². The Bertz CT molecular complexity index is 958. The normalized spacial score (nSPS) is 17.6. The molecule has 7 heteroatoms. The molecule has 2 heterocycles. The van der Waals surface area contributed by atoms with E-state index in [9.17, 15) is 9.59 Å². The predicted molar refractivity (Wildman–Crippen MR) is 108 cm³/mol. The number of hydrogen-bond acceptors (Lipinski definition) is 5. The van der Waals surface area contributed by atoms with Gasteiger partial charge in [0, 0.05) is 41.9 Å². The Hall–Kier alpha value is -3.45. The summed E-state index contributed by atoms with van der Waals surface area (Å²) in [4.78, 5) is 25.4. The van der Waals surface area contributed by atoms with Crippen molar-refractivity contribution >= 4 is 18.2 Å². The van der Waals surface area contributed by atoms with Gasteiger partial charge in [-0.05, 0) is 18.6 Å². The molecule has 0 aliphatic carbocycles. The number of aromatic amines is 1. The zero-order chi connectivity index (χ0) is 20.1. The summed E-state index contributed by atoms with van der Waals surface area (Å²) in [7, 11) is 0. The van der Waals surface area contributed by atoms with Crippen LogP contribution in [0.5, 0.6) is 0 Å². The summed E-state index contributed by atoms with van der Waals surface area (Å²) in [6.45, 7) is 2.02. The number of likely N-dealkylation sites (tertiary alicyclic amines) is 1. The first-order chi connectivity index (χ1) is 14.2. The van der Waals surface area contributed by atoms with E-state index in [0.29, 0.717) is 17.9 Å². The maximum Gasteiger partial charge on any atom is 0.294 e. The van der Waals surface area contributed by atoms with E-state index in [2.05, 4.69) is 20.4 Å². The largest absolute Gasteiger partial charge is 0.444 e. The van der Waals surface area contributed by atoms with Gasteiger partial charge >= 0.3 is 0 Å². The minimum absolute atomic E-state index is 0.194. The molecule has 4 rings (SSSR count). The van der Waals surface area contributed by atoms with Crippen LogP contribution in [0.4, 0.5) is 5.82 Å². The summed E-state index contributed by atoms with van der Waals surface area (Å²) < 4.78 is 5.37. The van der Waals surface area contributed by atoms with Crippen molar-refractivity contribution in [2.24, 2.45) is 0 Å². The molecule has 2 atom stereocenters. The average molecular weight is 390 g/mol. The molecule has 1 aliphatic rings. The van der Waals surface area contributed by atoms with Crippen molar-refractivity contribution in [2.45, 2.75) is 18.6 Å².